The molecule has 0 radical (unpaired) electrons. The van der Waals surface area contributed by atoms with Crippen LogP contribution in [0.4, 0.5) is 0 Å². The number of nitrogens with two attached hydrogens (primary N) is 1. The van der Waals surface area contributed by atoms with E-state index in [9.17, 15) is 0 Å². The highest BCUT2D eigenvalue weighted by Crippen LogP contribution is 2.41. The zero-order valence-electron chi connectivity index (χ0n) is 11.0. The van der Waals surface area contributed by atoms with E-state index in [1.165, 1.54) is 23.5 Å². The third kappa shape index (κ3) is 2.44. The zero-order chi connectivity index (χ0) is 12.5. The van der Waals surface area contributed by atoms with Gasteiger partial charge in [-0.3, -0.25) is 0 Å². The third-order valence-electron chi connectivity index (χ3n) is 4.28. The van der Waals surface area contributed by atoms with Crippen molar-refractivity contribution >= 4 is 11.8 Å². The second-order valence-corrected chi connectivity index (χ2v) is 6.69. The van der Waals surface area contributed by atoms with E-state index >= 15 is 0 Å². The molecule has 1 saturated carbocycles. The Hall–Kier alpha value is -0.510. The van der Waals surface area contributed by atoms with Crippen LogP contribution in [-0.2, 0) is 0 Å². The first-order chi connectivity index (χ1) is 8.79. The molecule has 1 fully saturated rings. The van der Waals surface area contributed by atoms with Crippen molar-refractivity contribution in [2.45, 2.75) is 29.7 Å². The average molecular weight is 262 g/mol. The highest BCUT2D eigenvalue weighted by atomic mass is 32.2. The van der Waals surface area contributed by atoms with Gasteiger partial charge in [-0.15, -0.1) is 11.8 Å². The van der Waals surface area contributed by atoms with E-state index in [0.29, 0.717) is 12.0 Å². The summed E-state index contributed by atoms with van der Waals surface area (Å²) in [6.45, 7) is 1.96. The SMILES string of the molecule is CN(CC1CSc2ccccc21)C(CN)C1CC1. The van der Waals surface area contributed by atoms with Crippen LogP contribution in [0, 0.1) is 5.92 Å². The number of likely N-dealkylation sites (N-methyl/N-ethyl adjacent to an activating group) is 1. The summed E-state index contributed by atoms with van der Waals surface area (Å²) >= 11 is 2.00. The summed E-state index contributed by atoms with van der Waals surface area (Å²) in [5.41, 5.74) is 7.48. The maximum Gasteiger partial charge on any atom is 0.0243 e. The maximum absolute atomic E-state index is 5.94. The maximum atomic E-state index is 5.94. The van der Waals surface area contributed by atoms with E-state index < -0.39 is 0 Å². The highest BCUT2D eigenvalue weighted by Gasteiger charge is 2.34. The summed E-state index contributed by atoms with van der Waals surface area (Å²) in [4.78, 5) is 3.98. The molecular formula is C15H22N2S. The standard InChI is InChI=1S/C15H22N2S/c1-17(14(8-16)11-6-7-11)9-12-10-18-15-5-3-2-4-13(12)15/h2-5,11-12,14H,6-10,16H2,1H3. The third-order valence-corrected chi connectivity index (χ3v) is 5.53. The van der Waals surface area contributed by atoms with Crippen molar-refractivity contribution in [1.82, 2.24) is 4.90 Å². The van der Waals surface area contributed by atoms with Crippen molar-refractivity contribution in [1.29, 1.82) is 0 Å². The molecule has 2 aliphatic rings. The molecule has 0 aromatic heterocycles. The highest BCUT2D eigenvalue weighted by molar-refractivity contribution is 7.99. The molecule has 3 heteroatoms. The lowest BCUT2D eigenvalue weighted by Gasteiger charge is -2.29. The second kappa shape index (κ2) is 5.24. The number of rotatable bonds is 5. The molecule has 1 aromatic carbocycles. The Kier molecular flexibility index (Phi) is 3.64. The van der Waals surface area contributed by atoms with Gasteiger partial charge in [-0.2, -0.15) is 0 Å². The largest absolute Gasteiger partial charge is 0.329 e. The van der Waals surface area contributed by atoms with Gasteiger partial charge in [0.2, 0.25) is 0 Å². The summed E-state index contributed by atoms with van der Waals surface area (Å²) in [5.74, 6) is 2.78. The molecule has 2 nitrogen and oxygen atoms in total. The molecule has 0 spiro atoms. The van der Waals surface area contributed by atoms with E-state index in [1.54, 1.807) is 5.56 Å². The van der Waals surface area contributed by atoms with Crippen LogP contribution in [-0.4, -0.2) is 36.8 Å². The van der Waals surface area contributed by atoms with Crippen LogP contribution >= 0.6 is 11.8 Å². The molecule has 1 heterocycles. The minimum Gasteiger partial charge on any atom is -0.329 e. The predicted octanol–water partition coefficient (Wildman–Crippen LogP) is 2.55. The average Bonchev–Trinajstić information content (AvgIpc) is 3.13. The Morgan fingerprint density at radius 3 is 2.89 bits per heavy atom. The lowest BCUT2D eigenvalue weighted by Crippen LogP contribution is -2.41. The van der Waals surface area contributed by atoms with Crippen LogP contribution in [0.5, 0.6) is 0 Å². The molecule has 1 aliphatic heterocycles. The monoisotopic (exact) mass is 262 g/mol. The van der Waals surface area contributed by atoms with Crippen LogP contribution in [0.2, 0.25) is 0 Å². The molecule has 0 bridgehead atoms. The Labute approximate surface area is 114 Å². The van der Waals surface area contributed by atoms with E-state index in [4.69, 9.17) is 5.73 Å². The minimum atomic E-state index is 0.600. The first kappa shape index (κ1) is 12.5. The van der Waals surface area contributed by atoms with Crippen molar-refractivity contribution < 1.29 is 0 Å². The van der Waals surface area contributed by atoms with Crippen molar-refractivity contribution in [3.63, 3.8) is 0 Å². The number of hydrogen-bond donors (Lipinski definition) is 1. The minimum absolute atomic E-state index is 0.600. The zero-order valence-corrected chi connectivity index (χ0v) is 11.8. The van der Waals surface area contributed by atoms with Gasteiger partial charge in [0.1, 0.15) is 0 Å². The molecule has 0 amide bonds. The first-order valence-corrected chi connectivity index (χ1v) is 7.90. The number of hydrogen-bond acceptors (Lipinski definition) is 3. The van der Waals surface area contributed by atoms with Crippen molar-refractivity contribution in [3.05, 3.63) is 29.8 Å². The quantitative estimate of drug-likeness (QED) is 0.884. The van der Waals surface area contributed by atoms with Crippen LogP contribution in [0.3, 0.4) is 0 Å². The number of thioether (sulfide) groups is 1. The summed E-state index contributed by atoms with van der Waals surface area (Å²) in [7, 11) is 2.25. The van der Waals surface area contributed by atoms with Crippen molar-refractivity contribution in [2.75, 3.05) is 25.9 Å². The van der Waals surface area contributed by atoms with E-state index in [2.05, 4.69) is 36.2 Å². The summed E-state index contributed by atoms with van der Waals surface area (Å²) in [6.07, 6.45) is 2.75. The Morgan fingerprint density at radius 2 is 2.17 bits per heavy atom. The molecule has 3 rings (SSSR count). The van der Waals surface area contributed by atoms with Crippen LogP contribution in [0.1, 0.15) is 24.3 Å². The Morgan fingerprint density at radius 1 is 1.39 bits per heavy atom. The lowest BCUT2D eigenvalue weighted by atomic mass is 9.99. The molecule has 1 aliphatic carbocycles. The molecule has 98 valence electrons. The Balaban J connectivity index is 1.66. The summed E-state index contributed by atoms with van der Waals surface area (Å²) < 4.78 is 0. The lowest BCUT2D eigenvalue weighted by molar-refractivity contribution is 0.215. The predicted molar refractivity (Wildman–Crippen MR) is 78.1 cm³/mol. The van der Waals surface area contributed by atoms with Gasteiger partial charge in [0.05, 0.1) is 0 Å². The van der Waals surface area contributed by atoms with Gasteiger partial charge in [0, 0.05) is 35.7 Å². The van der Waals surface area contributed by atoms with Gasteiger partial charge in [0.25, 0.3) is 0 Å². The van der Waals surface area contributed by atoms with Gasteiger partial charge in [-0.05, 0) is 37.4 Å². The van der Waals surface area contributed by atoms with E-state index in [1.807, 2.05) is 11.8 Å². The second-order valence-electron chi connectivity index (χ2n) is 5.63. The summed E-state index contributed by atoms with van der Waals surface area (Å²) in [6, 6.07) is 9.45. The van der Waals surface area contributed by atoms with Crippen LogP contribution in [0.15, 0.2) is 29.2 Å². The van der Waals surface area contributed by atoms with Crippen LogP contribution < -0.4 is 5.73 Å². The first-order valence-electron chi connectivity index (χ1n) is 6.91. The molecular weight excluding hydrogens is 240 g/mol. The fourth-order valence-electron chi connectivity index (χ4n) is 3.08. The molecule has 18 heavy (non-hydrogen) atoms. The molecule has 1 aromatic rings. The van der Waals surface area contributed by atoms with Crippen molar-refractivity contribution in [2.24, 2.45) is 11.7 Å². The molecule has 2 unspecified atom stereocenters. The number of fused-ring (bicyclic) bond motifs is 1. The number of nitrogens with zero attached hydrogens (tertiary/aromatic N) is 1. The summed E-state index contributed by atoms with van der Waals surface area (Å²) in [5, 5.41) is 0. The van der Waals surface area contributed by atoms with Gasteiger partial charge in [0.15, 0.2) is 0 Å². The molecule has 2 atom stereocenters. The van der Waals surface area contributed by atoms with Gasteiger partial charge in [-0.25, -0.2) is 0 Å². The molecule has 0 saturated heterocycles. The van der Waals surface area contributed by atoms with Crippen LogP contribution in [0.25, 0.3) is 0 Å². The van der Waals surface area contributed by atoms with E-state index in [0.717, 1.165) is 19.0 Å². The normalized spacial score (nSPS) is 24.3. The van der Waals surface area contributed by atoms with Crippen molar-refractivity contribution in [3.8, 4) is 0 Å². The number of benzene rings is 1. The van der Waals surface area contributed by atoms with Gasteiger partial charge >= 0.3 is 0 Å². The molecule has 2 N–H and O–H groups in total. The Bertz CT molecular complexity index is 417. The van der Waals surface area contributed by atoms with Gasteiger partial charge < -0.3 is 10.6 Å². The fourth-order valence-corrected chi connectivity index (χ4v) is 4.32. The van der Waals surface area contributed by atoms with Gasteiger partial charge in [-0.1, -0.05) is 18.2 Å². The van der Waals surface area contributed by atoms with E-state index in [-0.39, 0.29) is 0 Å². The topological polar surface area (TPSA) is 29.3 Å². The fraction of sp³-hybridized carbons (Fsp3) is 0.600. The smallest absolute Gasteiger partial charge is 0.0243 e.